The fourth-order valence-electron chi connectivity index (χ4n) is 1.93. The molecular weight excluding hydrogens is 285 g/mol. The number of aromatic nitrogens is 2. The highest BCUT2D eigenvalue weighted by molar-refractivity contribution is 6.31. The van der Waals surface area contributed by atoms with Crippen LogP contribution in [0.5, 0.6) is 0 Å². The van der Waals surface area contributed by atoms with E-state index in [1.54, 1.807) is 6.07 Å². The predicted molar refractivity (Wildman–Crippen MR) is 73.2 cm³/mol. The SMILES string of the molecule is CC(C)c1c(F)cccc1-c1ncc([N+](=O)[O-])c(Cl)n1. The number of rotatable bonds is 3. The molecule has 0 atom stereocenters. The van der Waals surface area contributed by atoms with Crippen LogP contribution < -0.4 is 0 Å². The molecule has 0 bridgehead atoms. The van der Waals surface area contributed by atoms with Crippen molar-refractivity contribution in [2.24, 2.45) is 0 Å². The summed E-state index contributed by atoms with van der Waals surface area (Å²) in [6.07, 6.45) is 1.03. The van der Waals surface area contributed by atoms with Crippen LogP contribution in [0.15, 0.2) is 24.4 Å². The number of benzene rings is 1. The van der Waals surface area contributed by atoms with Gasteiger partial charge in [0.25, 0.3) is 0 Å². The predicted octanol–water partition coefficient (Wildman–Crippen LogP) is 3.97. The lowest BCUT2D eigenvalue weighted by molar-refractivity contribution is -0.385. The van der Waals surface area contributed by atoms with Crippen molar-refractivity contribution in [3.05, 3.63) is 51.0 Å². The van der Waals surface area contributed by atoms with E-state index in [-0.39, 0.29) is 28.4 Å². The summed E-state index contributed by atoms with van der Waals surface area (Å²) in [6, 6.07) is 4.55. The van der Waals surface area contributed by atoms with Crippen LogP contribution in [0, 0.1) is 15.9 Å². The van der Waals surface area contributed by atoms with Gasteiger partial charge in [-0.15, -0.1) is 0 Å². The van der Waals surface area contributed by atoms with E-state index in [1.807, 2.05) is 13.8 Å². The summed E-state index contributed by atoms with van der Waals surface area (Å²) in [5.74, 6) is -0.275. The maximum absolute atomic E-state index is 13.9. The Morgan fingerprint density at radius 2 is 2.10 bits per heavy atom. The number of halogens is 2. The van der Waals surface area contributed by atoms with Crippen molar-refractivity contribution in [3.63, 3.8) is 0 Å². The molecule has 0 aliphatic heterocycles. The summed E-state index contributed by atoms with van der Waals surface area (Å²) < 4.78 is 13.9. The highest BCUT2D eigenvalue weighted by Crippen LogP contribution is 2.31. The molecule has 0 fully saturated rings. The normalized spacial score (nSPS) is 10.8. The quantitative estimate of drug-likeness (QED) is 0.488. The monoisotopic (exact) mass is 295 g/mol. The minimum Gasteiger partial charge on any atom is -0.258 e. The van der Waals surface area contributed by atoms with E-state index in [0.29, 0.717) is 11.1 Å². The third-order valence-corrected chi connectivity index (χ3v) is 3.07. The first-order chi connectivity index (χ1) is 9.41. The molecule has 0 aliphatic rings. The highest BCUT2D eigenvalue weighted by Gasteiger charge is 2.19. The second-order valence-corrected chi connectivity index (χ2v) is 4.84. The van der Waals surface area contributed by atoms with Crippen LogP contribution in [0.1, 0.15) is 25.3 Å². The van der Waals surface area contributed by atoms with Gasteiger partial charge < -0.3 is 0 Å². The highest BCUT2D eigenvalue weighted by atomic mass is 35.5. The lowest BCUT2D eigenvalue weighted by atomic mass is 9.96. The van der Waals surface area contributed by atoms with Gasteiger partial charge in [0.15, 0.2) is 5.82 Å². The summed E-state index contributed by atoms with van der Waals surface area (Å²) in [6.45, 7) is 3.68. The summed E-state index contributed by atoms with van der Waals surface area (Å²) in [5, 5.41) is 10.4. The molecule has 0 radical (unpaired) electrons. The number of nitro groups is 1. The van der Waals surface area contributed by atoms with Gasteiger partial charge in [-0.25, -0.2) is 14.4 Å². The van der Waals surface area contributed by atoms with Gasteiger partial charge in [-0.05, 0) is 12.0 Å². The summed E-state index contributed by atoms with van der Waals surface area (Å²) in [5.41, 5.74) is 0.562. The lowest BCUT2D eigenvalue weighted by Crippen LogP contribution is -2.01. The van der Waals surface area contributed by atoms with Crippen LogP contribution in [0.4, 0.5) is 10.1 Å². The molecule has 1 aromatic carbocycles. The number of hydrogen-bond donors (Lipinski definition) is 0. The minimum absolute atomic E-state index is 0.0798. The van der Waals surface area contributed by atoms with Crippen molar-refractivity contribution in [2.45, 2.75) is 19.8 Å². The van der Waals surface area contributed by atoms with Crippen molar-refractivity contribution >= 4 is 17.3 Å². The Labute approximate surface area is 119 Å². The van der Waals surface area contributed by atoms with E-state index in [4.69, 9.17) is 11.6 Å². The van der Waals surface area contributed by atoms with Gasteiger partial charge in [0.1, 0.15) is 12.0 Å². The van der Waals surface area contributed by atoms with E-state index in [1.165, 1.54) is 12.1 Å². The van der Waals surface area contributed by atoms with Gasteiger partial charge in [-0.3, -0.25) is 10.1 Å². The molecule has 0 unspecified atom stereocenters. The number of hydrogen-bond acceptors (Lipinski definition) is 4. The minimum atomic E-state index is -0.666. The second-order valence-electron chi connectivity index (χ2n) is 4.48. The van der Waals surface area contributed by atoms with Crippen LogP contribution in [0.25, 0.3) is 11.4 Å². The molecule has 5 nitrogen and oxygen atoms in total. The second kappa shape index (κ2) is 5.50. The zero-order valence-corrected chi connectivity index (χ0v) is 11.6. The van der Waals surface area contributed by atoms with Crippen molar-refractivity contribution in [1.29, 1.82) is 0 Å². The Bertz CT molecular complexity index is 677. The molecule has 20 heavy (non-hydrogen) atoms. The van der Waals surface area contributed by atoms with Crippen LogP contribution in [-0.2, 0) is 0 Å². The molecule has 2 aromatic rings. The van der Waals surface area contributed by atoms with Crippen molar-refractivity contribution in [2.75, 3.05) is 0 Å². The standard InChI is InChI=1S/C13H11ClFN3O2/c1-7(2)11-8(4-3-5-9(11)15)13-16-6-10(18(19)20)12(14)17-13/h3-7H,1-2H3. The lowest BCUT2D eigenvalue weighted by Gasteiger charge is -2.12. The zero-order valence-electron chi connectivity index (χ0n) is 10.8. The Kier molecular flexibility index (Phi) is 3.94. The van der Waals surface area contributed by atoms with Crippen molar-refractivity contribution in [1.82, 2.24) is 9.97 Å². The average molecular weight is 296 g/mol. The molecule has 2 rings (SSSR count). The molecule has 0 saturated heterocycles. The van der Waals surface area contributed by atoms with E-state index in [2.05, 4.69) is 9.97 Å². The Balaban J connectivity index is 2.61. The third-order valence-electron chi connectivity index (χ3n) is 2.79. The molecule has 1 heterocycles. The third kappa shape index (κ3) is 2.60. The molecular formula is C13H11ClFN3O2. The summed E-state index contributed by atoms with van der Waals surface area (Å²) in [4.78, 5) is 17.8. The molecule has 7 heteroatoms. The molecule has 0 aliphatic carbocycles. The smallest absolute Gasteiger partial charge is 0.258 e. The molecule has 0 saturated carbocycles. The molecule has 104 valence electrons. The Morgan fingerprint density at radius 1 is 1.40 bits per heavy atom. The van der Waals surface area contributed by atoms with Gasteiger partial charge in [0.05, 0.1) is 4.92 Å². The maximum Gasteiger partial charge on any atom is 0.324 e. The first kappa shape index (κ1) is 14.3. The first-order valence-electron chi connectivity index (χ1n) is 5.87. The molecule has 1 aromatic heterocycles. The van der Waals surface area contributed by atoms with E-state index < -0.39 is 4.92 Å². The van der Waals surface area contributed by atoms with Gasteiger partial charge in [-0.1, -0.05) is 37.6 Å². The zero-order chi connectivity index (χ0) is 14.9. The van der Waals surface area contributed by atoms with E-state index >= 15 is 0 Å². The summed E-state index contributed by atoms with van der Waals surface area (Å²) in [7, 11) is 0. The Morgan fingerprint density at radius 3 is 2.65 bits per heavy atom. The topological polar surface area (TPSA) is 68.9 Å². The summed E-state index contributed by atoms with van der Waals surface area (Å²) >= 11 is 5.76. The first-order valence-corrected chi connectivity index (χ1v) is 6.25. The fraction of sp³-hybridized carbons (Fsp3) is 0.231. The Hall–Kier alpha value is -2.08. The molecule has 0 spiro atoms. The van der Waals surface area contributed by atoms with Crippen molar-refractivity contribution < 1.29 is 9.31 Å². The van der Waals surface area contributed by atoms with Gasteiger partial charge >= 0.3 is 5.69 Å². The molecule has 0 N–H and O–H groups in total. The van der Waals surface area contributed by atoms with Gasteiger partial charge in [0.2, 0.25) is 5.15 Å². The van der Waals surface area contributed by atoms with Gasteiger partial charge in [-0.2, -0.15) is 0 Å². The largest absolute Gasteiger partial charge is 0.324 e. The van der Waals surface area contributed by atoms with Crippen LogP contribution in [0.2, 0.25) is 5.15 Å². The van der Waals surface area contributed by atoms with E-state index in [0.717, 1.165) is 6.20 Å². The maximum atomic E-state index is 13.9. The fourth-order valence-corrected chi connectivity index (χ4v) is 2.12. The van der Waals surface area contributed by atoms with E-state index in [9.17, 15) is 14.5 Å². The van der Waals surface area contributed by atoms with Crippen LogP contribution in [0.3, 0.4) is 0 Å². The van der Waals surface area contributed by atoms with Crippen LogP contribution in [-0.4, -0.2) is 14.9 Å². The van der Waals surface area contributed by atoms with Crippen molar-refractivity contribution in [3.8, 4) is 11.4 Å². The van der Waals surface area contributed by atoms with Crippen LogP contribution >= 0.6 is 11.6 Å². The van der Waals surface area contributed by atoms with Gasteiger partial charge in [0, 0.05) is 11.1 Å². The average Bonchev–Trinajstić information content (AvgIpc) is 2.37. The number of nitrogens with zero attached hydrogens (tertiary/aromatic N) is 3. The molecule has 0 amide bonds.